The van der Waals surface area contributed by atoms with Crippen LogP contribution in [0.15, 0.2) is 0 Å². The van der Waals surface area contributed by atoms with Gasteiger partial charge in [0.15, 0.2) is 0 Å². The highest BCUT2D eigenvalue weighted by Gasteiger charge is 2.28. The van der Waals surface area contributed by atoms with Gasteiger partial charge in [-0.25, -0.2) is 0 Å². The Hall–Kier alpha value is 0.290. The van der Waals surface area contributed by atoms with Crippen LogP contribution in [0, 0.1) is 17.8 Å². The van der Waals surface area contributed by atoms with Gasteiger partial charge in [-0.05, 0) is 37.5 Å². The second-order valence-corrected chi connectivity index (χ2v) is 5.85. The number of hydrogen-bond acceptors (Lipinski definition) is 0. The lowest BCUT2D eigenvalue weighted by Crippen LogP contribution is -2.27. The van der Waals surface area contributed by atoms with Crippen molar-refractivity contribution in [1.82, 2.24) is 0 Å². The molecule has 0 aromatic heterocycles. The zero-order chi connectivity index (χ0) is 10.6. The van der Waals surface area contributed by atoms with Crippen LogP contribution >= 0.6 is 11.6 Å². The third-order valence-corrected chi connectivity index (χ3v) is 4.22. The lowest BCUT2D eigenvalue weighted by atomic mass is 9.81. The summed E-state index contributed by atoms with van der Waals surface area (Å²) in [6, 6.07) is 0. The second-order valence-electron chi connectivity index (χ2n) is 4.99. The molecular weight excluding hydrogens is 180 g/mol. The fraction of sp³-hybridized carbons (Fsp3) is 1.00. The Morgan fingerprint density at radius 1 is 1.15 bits per heavy atom. The fourth-order valence-corrected chi connectivity index (χ4v) is 1.51. The van der Waals surface area contributed by atoms with E-state index in [1.54, 1.807) is 0 Å². The van der Waals surface area contributed by atoms with E-state index in [1.807, 2.05) is 0 Å². The molecule has 0 saturated heterocycles. The van der Waals surface area contributed by atoms with Crippen LogP contribution in [0.25, 0.3) is 0 Å². The molecule has 0 aliphatic heterocycles. The van der Waals surface area contributed by atoms with Crippen molar-refractivity contribution in [1.29, 1.82) is 0 Å². The minimum atomic E-state index is -0.0108. The third-order valence-electron chi connectivity index (χ3n) is 3.58. The summed E-state index contributed by atoms with van der Waals surface area (Å²) in [4.78, 5) is -0.0108. The Balaban J connectivity index is 4.06. The van der Waals surface area contributed by atoms with Crippen molar-refractivity contribution < 1.29 is 0 Å². The summed E-state index contributed by atoms with van der Waals surface area (Å²) < 4.78 is 0. The monoisotopic (exact) mass is 204 g/mol. The zero-order valence-corrected chi connectivity index (χ0v) is 10.8. The Bertz CT molecular complexity index is 138. The highest BCUT2D eigenvalue weighted by Crippen LogP contribution is 2.34. The Morgan fingerprint density at radius 2 is 1.62 bits per heavy atom. The highest BCUT2D eigenvalue weighted by atomic mass is 35.5. The molecule has 0 fully saturated rings. The fourth-order valence-electron chi connectivity index (χ4n) is 1.42. The molecule has 0 spiro atoms. The largest absolute Gasteiger partial charge is 0.119 e. The van der Waals surface area contributed by atoms with Gasteiger partial charge in [-0.15, -0.1) is 11.6 Å². The van der Waals surface area contributed by atoms with Gasteiger partial charge in [0.05, 0.1) is 0 Å². The maximum absolute atomic E-state index is 6.42. The Labute approximate surface area is 89.1 Å². The number of hydrogen-bond donors (Lipinski definition) is 0. The van der Waals surface area contributed by atoms with Crippen molar-refractivity contribution in [3.63, 3.8) is 0 Å². The average Bonchev–Trinajstić information content (AvgIpc) is 2.04. The topological polar surface area (TPSA) is 0 Å². The van der Waals surface area contributed by atoms with E-state index in [1.165, 1.54) is 6.42 Å². The minimum Gasteiger partial charge on any atom is -0.119 e. The molecule has 1 heteroatoms. The van der Waals surface area contributed by atoms with E-state index in [0.29, 0.717) is 5.92 Å². The molecule has 13 heavy (non-hydrogen) atoms. The maximum atomic E-state index is 6.42. The molecule has 0 aromatic carbocycles. The molecule has 0 amide bonds. The van der Waals surface area contributed by atoms with Crippen LogP contribution in [-0.2, 0) is 0 Å². The van der Waals surface area contributed by atoms with Crippen LogP contribution in [0.5, 0.6) is 0 Å². The van der Waals surface area contributed by atoms with Crippen molar-refractivity contribution in [2.45, 2.75) is 59.3 Å². The number of halogens is 1. The summed E-state index contributed by atoms with van der Waals surface area (Å²) in [5, 5.41) is 0. The molecule has 0 aromatic rings. The summed E-state index contributed by atoms with van der Waals surface area (Å²) in [5.74, 6) is 2.16. The first-order chi connectivity index (χ1) is 5.81. The van der Waals surface area contributed by atoms with Gasteiger partial charge in [0.1, 0.15) is 0 Å². The van der Waals surface area contributed by atoms with Gasteiger partial charge in [-0.1, -0.05) is 34.6 Å². The molecule has 0 nitrogen and oxygen atoms in total. The van der Waals surface area contributed by atoms with E-state index in [-0.39, 0.29) is 4.87 Å². The van der Waals surface area contributed by atoms with Gasteiger partial charge < -0.3 is 0 Å². The molecule has 3 unspecified atom stereocenters. The maximum Gasteiger partial charge on any atom is 0.0441 e. The van der Waals surface area contributed by atoms with Crippen LogP contribution in [0.2, 0.25) is 0 Å². The first-order valence-electron chi connectivity index (χ1n) is 5.50. The summed E-state index contributed by atoms with van der Waals surface area (Å²) >= 11 is 6.42. The Morgan fingerprint density at radius 3 is 1.92 bits per heavy atom. The van der Waals surface area contributed by atoms with E-state index >= 15 is 0 Å². The van der Waals surface area contributed by atoms with E-state index in [0.717, 1.165) is 18.3 Å². The van der Waals surface area contributed by atoms with Gasteiger partial charge >= 0.3 is 0 Å². The van der Waals surface area contributed by atoms with E-state index in [4.69, 9.17) is 11.6 Å². The minimum absolute atomic E-state index is 0.0108. The molecule has 0 saturated carbocycles. The zero-order valence-electron chi connectivity index (χ0n) is 10.0. The van der Waals surface area contributed by atoms with Crippen molar-refractivity contribution in [3.8, 4) is 0 Å². The van der Waals surface area contributed by atoms with Crippen LogP contribution < -0.4 is 0 Å². The number of alkyl halides is 1. The van der Waals surface area contributed by atoms with Crippen molar-refractivity contribution >= 4 is 11.6 Å². The van der Waals surface area contributed by atoms with Crippen molar-refractivity contribution in [3.05, 3.63) is 0 Å². The first-order valence-corrected chi connectivity index (χ1v) is 5.88. The quantitative estimate of drug-likeness (QED) is 0.569. The molecule has 80 valence electrons. The molecule has 0 bridgehead atoms. The van der Waals surface area contributed by atoms with E-state index in [2.05, 4.69) is 41.5 Å². The lowest BCUT2D eigenvalue weighted by molar-refractivity contribution is 0.284. The van der Waals surface area contributed by atoms with E-state index < -0.39 is 0 Å². The third kappa shape index (κ3) is 4.35. The molecule has 0 N–H and O–H groups in total. The smallest absolute Gasteiger partial charge is 0.0441 e. The van der Waals surface area contributed by atoms with Crippen LogP contribution in [0.4, 0.5) is 0 Å². The molecule has 0 aliphatic rings. The van der Waals surface area contributed by atoms with Gasteiger partial charge in [-0.2, -0.15) is 0 Å². The first kappa shape index (κ1) is 13.3. The van der Waals surface area contributed by atoms with Crippen LogP contribution in [-0.4, -0.2) is 4.87 Å². The molecule has 0 heterocycles. The lowest BCUT2D eigenvalue weighted by Gasteiger charge is -2.31. The van der Waals surface area contributed by atoms with Crippen molar-refractivity contribution in [2.24, 2.45) is 17.8 Å². The second kappa shape index (κ2) is 5.24. The summed E-state index contributed by atoms with van der Waals surface area (Å²) in [6.45, 7) is 13.5. The Kier molecular flexibility index (Phi) is 5.36. The highest BCUT2D eigenvalue weighted by molar-refractivity contribution is 6.23. The molecule has 0 rings (SSSR count). The number of rotatable bonds is 5. The van der Waals surface area contributed by atoms with Crippen LogP contribution in [0.3, 0.4) is 0 Å². The average molecular weight is 205 g/mol. The van der Waals surface area contributed by atoms with Crippen molar-refractivity contribution in [2.75, 3.05) is 0 Å². The van der Waals surface area contributed by atoms with Crippen LogP contribution in [0.1, 0.15) is 54.4 Å². The molecule has 3 atom stereocenters. The molecule has 0 radical (unpaired) electrons. The molecule has 0 aliphatic carbocycles. The summed E-state index contributed by atoms with van der Waals surface area (Å²) in [7, 11) is 0. The summed E-state index contributed by atoms with van der Waals surface area (Å²) in [6.07, 6.45) is 2.30. The SMILES string of the molecule is CCC(C)(Cl)C(C)CC(C)C(C)C. The standard InChI is InChI=1S/C12H25Cl/c1-7-12(6,13)11(5)8-10(4)9(2)3/h9-11H,7-8H2,1-6H3. The van der Waals surface area contributed by atoms with E-state index in [9.17, 15) is 0 Å². The van der Waals surface area contributed by atoms with Gasteiger partial charge in [-0.3, -0.25) is 0 Å². The predicted octanol–water partition coefficient (Wildman–Crippen LogP) is 4.71. The normalized spacial score (nSPS) is 21.2. The molecular formula is C12H25Cl. The van der Waals surface area contributed by atoms with Gasteiger partial charge in [0, 0.05) is 4.87 Å². The van der Waals surface area contributed by atoms with Gasteiger partial charge in [0.2, 0.25) is 0 Å². The van der Waals surface area contributed by atoms with Gasteiger partial charge in [0.25, 0.3) is 0 Å². The predicted molar refractivity (Wildman–Crippen MR) is 62.3 cm³/mol. The summed E-state index contributed by atoms with van der Waals surface area (Å²) in [5.41, 5.74) is 0.